The van der Waals surface area contributed by atoms with E-state index in [1.54, 1.807) is 14.0 Å². The van der Waals surface area contributed by atoms with Crippen molar-refractivity contribution in [2.45, 2.75) is 76.0 Å². The van der Waals surface area contributed by atoms with Gasteiger partial charge < -0.3 is 21.3 Å². The Morgan fingerprint density at radius 1 is 1.08 bits per heavy atom. The minimum atomic E-state index is -3.99. The van der Waals surface area contributed by atoms with Crippen molar-refractivity contribution in [1.82, 2.24) is 25.6 Å². The third-order valence-corrected chi connectivity index (χ3v) is 10.4. The monoisotopic (exact) mass is 561 g/mol. The normalized spacial score (nSPS) is 25.5. The highest BCUT2D eigenvalue weighted by molar-refractivity contribution is 7.89. The summed E-state index contributed by atoms with van der Waals surface area (Å²) in [6, 6.07) is 7.89. The molecule has 11 heteroatoms. The summed E-state index contributed by atoms with van der Waals surface area (Å²) in [5, 5.41) is 12.0. The zero-order chi connectivity index (χ0) is 28.0. The Morgan fingerprint density at radius 2 is 1.79 bits per heavy atom. The van der Waals surface area contributed by atoms with Crippen LogP contribution in [0.2, 0.25) is 0 Å². The molecule has 39 heavy (non-hydrogen) atoms. The molecule has 5 unspecified atom stereocenters. The molecule has 216 valence electrons. The van der Waals surface area contributed by atoms with Gasteiger partial charge in [0, 0.05) is 25.7 Å². The van der Waals surface area contributed by atoms with Crippen molar-refractivity contribution in [3.8, 4) is 0 Å². The summed E-state index contributed by atoms with van der Waals surface area (Å²) in [7, 11) is -2.33. The number of Topliss-reactive ketones (excluding diaryl/α,β-unsaturated/α-hetero) is 1. The molecule has 0 radical (unpaired) electrons. The molecule has 10 nitrogen and oxygen atoms in total. The highest BCUT2D eigenvalue weighted by Crippen LogP contribution is 2.33. The van der Waals surface area contributed by atoms with Crippen LogP contribution in [0.5, 0.6) is 0 Å². The predicted molar refractivity (Wildman–Crippen MR) is 149 cm³/mol. The highest BCUT2D eigenvalue weighted by atomic mass is 32.2. The molecule has 0 spiro atoms. The van der Waals surface area contributed by atoms with Crippen molar-refractivity contribution >= 4 is 27.6 Å². The summed E-state index contributed by atoms with van der Waals surface area (Å²) in [6.07, 6.45) is 5.85. The van der Waals surface area contributed by atoms with Crippen LogP contribution in [0.15, 0.2) is 30.3 Å². The molecule has 2 heterocycles. The van der Waals surface area contributed by atoms with E-state index in [0.29, 0.717) is 25.9 Å². The van der Waals surface area contributed by atoms with E-state index in [9.17, 15) is 22.8 Å². The molecule has 2 saturated heterocycles. The van der Waals surface area contributed by atoms with Gasteiger partial charge in [0.05, 0.1) is 24.0 Å². The Hall–Kier alpha value is -2.34. The molecule has 1 aromatic carbocycles. The van der Waals surface area contributed by atoms with Crippen LogP contribution in [0.3, 0.4) is 0 Å². The largest absolute Gasteiger partial charge is 0.355 e. The fraction of sp³-hybridized carbons (Fsp3) is 0.679. The number of rotatable bonds is 12. The van der Waals surface area contributed by atoms with Gasteiger partial charge >= 0.3 is 0 Å². The van der Waals surface area contributed by atoms with E-state index in [0.717, 1.165) is 37.7 Å². The SMILES string of the molecule is CNC(C)C(=O)NC(C(=O)CS(=O)(=O)N1CCC2NCC(C(=O)NCCc3ccccc3)C21)C1CCCCC1. The van der Waals surface area contributed by atoms with E-state index in [-0.39, 0.29) is 30.3 Å². The molecule has 1 aromatic rings. The van der Waals surface area contributed by atoms with Crippen molar-refractivity contribution < 1.29 is 22.8 Å². The van der Waals surface area contributed by atoms with Crippen molar-refractivity contribution in [3.05, 3.63) is 35.9 Å². The first-order chi connectivity index (χ1) is 18.7. The van der Waals surface area contributed by atoms with Crippen LogP contribution < -0.4 is 21.3 Å². The first kappa shape index (κ1) is 29.6. The van der Waals surface area contributed by atoms with Gasteiger partial charge in [-0.15, -0.1) is 0 Å². The Morgan fingerprint density at radius 3 is 2.49 bits per heavy atom. The van der Waals surface area contributed by atoms with Crippen molar-refractivity contribution in [2.75, 3.05) is 32.4 Å². The van der Waals surface area contributed by atoms with Gasteiger partial charge in [0.2, 0.25) is 21.8 Å². The summed E-state index contributed by atoms with van der Waals surface area (Å²) in [4.78, 5) is 39.3. The average molecular weight is 562 g/mol. The maximum absolute atomic E-state index is 13.6. The van der Waals surface area contributed by atoms with Crippen LogP contribution in [0.4, 0.5) is 0 Å². The van der Waals surface area contributed by atoms with E-state index in [1.807, 2.05) is 30.3 Å². The minimum absolute atomic E-state index is 0.0722. The fourth-order valence-electron chi connectivity index (χ4n) is 6.26. The zero-order valence-corrected chi connectivity index (χ0v) is 23.8. The fourth-order valence-corrected chi connectivity index (χ4v) is 8.01. The zero-order valence-electron chi connectivity index (χ0n) is 23.0. The Kier molecular flexibility index (Phi) is 10.1. The molecular formula is C28H43N5O5S. The number of likely N-dealkylation sites (N-methyl/N-ethyl adjacent to an activating group) is 1. The number of fused-ring (bicyclic) bond motifs is 1. The van der Waals surface area contributed by atoms with E-state index >= 15 is 0 Å². The second-order valence-corrected chi connectivity index (χ2v) is 13.1. The maximum Gasteiger partial charge on any atom is 0.237 e. The topological polar surface area (TPSA) is 137 Å². The summed E-state index contributed by atoms with van der Waals surface area (Å²) in [6.45, 7) is 2.84. The van der Waals surface area contributed by atoms with Gasteiger partial charge in [-0.2, -0.15) is 4.31 Å². The number of carbonyl (C=O) groups is 3. The van der Waals surface area contributed by atoms with E-state index in [2.05, 4.69) is 21.3 Å². The molecule has 4 rings (SSSR count). The number of ketones is 1. The van der Waals surface area contributed by atoms with Gasteiger partial charge in [-0.25, -0.2) is 8.42 Å². The van der Waals surface area contributed by atoms with Crippen LogP contribution in [-0.4, -0.2) is 86.9 Å². The number of nitrogens with zero attached hydrogens (tertiary/aromatic N) is 1. The molecule has 1 aliphatic carbocycles. The summed E-state index contributed by atoms with van der Waals surface area (Å²) in [5.41, 5.74) is 1.12. The number of hydrogen-bond donors (Lipinski definition) is 4. The lowest BCUT2D eigenvalue weighted by molar-refractivity contribution is -0.129. The minimum Gasteiger partial charge on any atom is -0.355 e. The molecule has 3 fully saturated rings. The number of amides is 2. The molecule has 2 aliphatic heterocycles. The number of hydrogen-bond acceptors (Lipinski definition) is 7. The van der Waals surface area contributed by atoms with E-state index in [1.165, 1.54) is 4.31 Å². The Bertz CT molecular complexity index is 1110. The molecule has 1 saturated carbocycles. The lowest BCUT2D eigenvalue weighted by Crippen LogP contribution is -2.54. The number of benzene rings is 1. The summed E-state index contributed by atoms with van der Waals surface area (Å²) in [5.74, 6) is -2.23. The van der Waals surface area contributed by atoms with Crippen LogP contribution >= 0.6 is 0 Å². The summed E-state index contributed by atoms with van der Waals surface area (Å²) >= 11 is 0. The second kappa shape index (κ2) is 13.3. The first-order valence-electron chi connectivity index (χ1n) is 14.3. The van der Waals surface area contributed by atoms with E-state index in [4.69, 9.17) is 0 Å². The average Bonchev–Trinajstić information content (AvgIpc) is 3.54. The quantitative estimate of drug-likeness (QED) is 0.293. The van der Waals surface area contributed by atoms with Crippen LogP contribution in [0, 0.1) is 11.8 Å². The molecular weight excluding hydrogens is 518 g/mol. The van der Waals surface area contributed by atoms with Crippen molar-refractivity contribution in [1.29, 1.82) is 0 Å². The van der Waals surface area contributed by atoms with Crippen molar-refractivity contribution in [2.24, 2.45) is 11.8 Å². The van der Waals surface area contributed by atoms with Crippen LogP contribution in [0.25, 0.3) is 0 Å². The lowest BCUT2D eigenvalue weighted by atomic mass is 9.82. The molecule has 4 N–H and O–H groups in total. The third-order valence-electron chi connectivity index (χ3n) is 8.58. The van der Waals surface area contributed by atoms with Gasteiger partial charge in [0.25, 0.3) is 0 Å². The van der Waals surface area contributed by atoms with Crippen LogP contribution in [0.1, 0.15) is 51.0 Å². The molecule has 5 atom stereocenters. The first-order valence-corrected chi connectivity index (χ1v) is 15.9. The predicted octanol–water partition coefficient (Wildman–Crippen LogP) is 0.580. The molecule has 3 aliphatic rings. The Labute approximate surface area is 232 Å². The second-order valence-electron chi connectivity index (χ2n) is 11.2. The molecule has 0 aromatic heterocycles. The van der Waals surface area contributed by atoms with Crippen molar-refractivity contribution in [3.63, 3.8) is 0 Å². The molecule has 2 amide bonds. The van der Waals surface area contributed by atoms with Gasteiger partial charge in [-0.3, -0.25) is 14.4 Å². The number of nitrogens with one attached hydrogen (secondary N) is 4. The Balaban J connectivity index is 1.42. The molecule has 0 bridgehead atoms. The third kappa shape index (κ3) is 7.25. The van der Waals surface area contributed by atoms with Crippen LogP contribution in [-0.2, 0) is 30.8 Å². The maximum atomic E-state index is 13.6. The standard InChI is InChI=1S/C28H43N5O5S/c1-19(29-2)27(35)32-25(21-11-7-4-8-12-21)24(34)18-39(37,38)33-16-14-23-26(33)22(17-31-23)28(36)30-15-13-20-9-5-3-6-10-20/h3,5-6,9-10,19,21-23,25-26,29,31H,4,7-8,11-18H2,1-2H3,(H,30,36)(H,32,35). The van der Waals surface area contributed by atoms with Gasteiger partial charge in [0.15, 0.2) is 5.78 Å². The highest BCUT2D eigenvalue weighted by Gasteiger charge is 2.51. The summed E-state index contributed by atoms with van der Waals surface area (Å²) < 4.78 is 28.6. The van der Waals surface area contributed by atoms with Gasteiger partial charge in [-0.05, 0) is 51.1 Å². The van der Waals surface area contributed by atoms with E-state index < -0.39 is 45.6 Å². The van der Waals surface area contributed by atoms with Gasteiger partial charge in [0.1, 0.15) is 5.75 Å². The van der Waals surface area contributed by atoms with Gasteiger partial charge in [-0.1, -0.05) is 49.6 Å². The lowest BCUT2D eigenvalue weighted by Gasteiger charge is -2.32. The number of carbonyl (C=O) groups excluding carboxylic acids is 3. The smallest absolute Gasteiger partial charge is 0.237 e. The number of sulfonamides is 1.